The van der Waals surface area contributed by atoms with Crippen molar-refractivity contribution in [2.45, 2.75) is 37.0 Å². The van der Waals surface area contributed by atoms with Gasteiger partial charge in [-0.1, -0.05) is 30.3 Å². The van der Waals surface area contributed by atoms with Crippen molar-refractivity contribution < 1.29 is 9.90 Å². The fourth-order valence-electron chi connectivity index (χ4n) is 6.12. The molecule has 46 heavy (non-hydrogen) atoms. The van der Waals surface area contributed by atoms with E-state index in [4.69, 9.17) is 26.4 Å². The molecule has 3 aromatic carbocycles. The molecule has 0 radical (unpaired) electrons. The van der Waals surface area contributed by atoms with Crippen molar-refractivity contribution in [1.29, 1.82) is 0 Å². The van der Waals surface area contributed by atoms with Gasteiger partial charge < -0.3 is 47.6 Å². The summed E-state index contributed by atoms with van der Waals surface area (Å²) in [5.74, 6) is 1.06. The number of hydrogen-bond acceptors (Lipinski definition) is 12. The van der Waals surface area contributed by atoms with Crippen LogP contribution in [-0.4, -0.2) is 90.4 Å². The largest absolute Gasteiger partial charge is 0.506 e. The number of piperidine rings is 2. The number of nitrogens with one attached hydrogen (secondary N) is 4. The van der Waals surface area contributed by atoms with E-state index >= 15 is 0 Å². The third-order valence-corrected chi connectivity index (χ3v) is 8.50. The van der Waals surface area contributed by atoms with Crippen LogP contribution in [0.2, 0.25) is 0 Å². The first kappa shape index (κ1) is 33.1. The van der Waals surface area contributed by atoms with E-state index in [1.807, 2.05) is 55.4 Å². The molecule has 4 aromatic rings. The lowest BCUT2D eigenvalue weighted by molar-refractivity contribution is 0.102. The number of halogens is 1. The van der Waals surface area contributed by atoms with E-state index in [1.165, 1.54) is 0 Å². The molecular weight excluding hydrogens is 606 g/mol. The molecule has 0 saturated carbocycles. The SMILES string of the molecule is CN[C@@H]1C[C@H](NC)CN(c2nc(Nc3ccc(NC(=O)c4ccc5ccccc5c4O)cc3)nc(N3C[C@H](N)C[C@H](N)C3)n2)C1.Cl. The number of nitrogens with two attached hydrogens (primary N) is 2. The summed E-state index contributed by atoms with van der Waals surface area (Å²) in [5.41, 5.74) is 14.1. The minimum atomic E-state index is -0.398. The predicted molar refractivity (Wildman–Crippen MR) is 186 cm³/mol. The number of likely N-dealkylation sites (N-methyl/N-ethyl adjacent to an activating group) is 2. The van der Waals surface area contributed by atoms with Gasteiger partial charge >= 0.3 is 0 Å². The highest BCUT2D eigenvalue weighted by Gasteiger charge is 2.30. The van der Waals surface area contributed by atoms with E-state index in [2.05, 4.69) is 26.2 Å². The molecule has 4 atom stereocenters. The van der Waals surface area contributed by atoms with E-state index in [0.29, 0.717) is 42.0 Å². The number of amides is 1. The Hall–Kier alpha value is -4.27. The summed E-state index contributed by atoms with van der Waals surface area (Å²) in [4.78, 5) is 31.7. The molecule has 1 aromatic heterocycles. The fourth-order valence-corrected chi connectivity index (χ4v) is 6.12. The Kier molecular flexibility index (Phi) is 10.4. The number of rotatable bonds is 8. The first-order valence-corrected chi connectivity index (χ1v) is 15.3. The van der Waals surface area contributed by atoms with Crippen molar-refractivity contribution >= 4 is 58.3 Å². The number of aromatic nitrogens is 3. The Bertz CT molecular complexity index is 1640. The summed E-state index contributed by atoms with van der Waals surface area (Å²) in [6.45, 7) is 2.74. The van der Waals surface area contributed by atoms with E-state index in [0.717, 1.165) is 37.0 Å². The molecule has 2 fully saturated rings. The van der Waals surface area contributed by atoms with Gasteiger partial charge in [-0.3, -0.25) is 4.79 Å². The van der Waals surface area contributed by atoms with Crippen LogP contribution in [0.1, 0.15) is 23.2 Å². The summed E-state index contributed by atoms with van der Waals surface area (Å²) < 4.78 is 0. The van der Waals surface area contributed by atoms with Crippen molar-refractivity contribution in [2.75, 3.05) is 60.7 Å². The maximum atomic E-state index is 13.0. The Labute approximate surface area is 274 Å². The van der Waals surface area contributed by atoms with Gasteiger partial charge in [0, 0.05) is 67.1 Å². The minimum absolute atomic E-state index is 0. The second kappa shape index (κ2) is 14.4. The van der Waals surface area contributed by atoms with Crippen LogP contribution in [0.4, 0.5) is 29.2 Å². The van der Waals surface area contributed by atoms with E-state index in [9.17, 15) is 9.90 Å². The maximum absolute atomic E-state index is 13.0. The molecule has 0 unspecified atom stereocenters. The topological polar surface area (TPSA) is 183 Å². The standard InChI is InChI=1S/C32H41N11O2.ClH/c1-35-24-14-25(36-2)18-43(17-24)32-40-30(39-31(41-32)42-15-20(33)13-21(34)16-42)38-23-10-8-22(9-11-23)37-29(45)27-12-7-19-5-3-4-6-26(19)28(27)44;/h3-12,20-21,24-25,35-36,44H,13-18,33-34H2,1-2H3,(H,37,45)(H,38,39,40,41);1H/t20-,21+,24-,25+;. The van der Waals surface area contributed by atoms with Gasteiger partial charge in [-0.05, 0) is 62.7 Å². The fraction of sp³-hybridized carbons (Fsp3) is 0.375. The van der Waals surface area contributed by atoms with Gasteiger partial charge in [-0.25, -0.2) is 0 Å². The molecule has 3 heterocycles. The zero-order valence-electron chi connectivity index (χ0n) is 26.0. The number of aromatic hydroxyl groups is 1. The molecule has 2 aliphatic heterocycles. The normalized spacial score (nSPS) is 21.5. The van der Waals surface area contributed by atoms with Crippen LogP contribution in [0, 0.1) is 0 Å². The molecule has 9 N–H and O–H groups in total. The predicted octanol–water partition coefficient (Wildman–Crippen LogP) is 2.40. The van der Waals surface area contributed by atoms with Crippen LogP contribution in [-0.2, 0) is 0 Å². The third-order valence-electron chi connectivity index (χ3n) is 8.50. The van der Waals surface area contributed by atoms with Crippen LogP contribution in [0.15, 0.2) is 60.7 Å². The monoisotopic (exact) mass is 647 g/mol. The molecule has 0 bridgehead atoms. The number of hydrogen-bond donors (Lipinski definition) is 7. The van der Waals surface area contributed by atoms with Crippen LogP contribution in [0.5, 0.6) is 5.75 Å². The molecule has 244 valence electrons. The quantitative estimate of drug-likeness (QED) is 0.148. The molecule has 0 aliphatic carbocycles. The first-order valence-electron chi connectivity index (χ1n) is 15.3. The van der Waals surface area contributed by atoms with Gasteiger partial charge in [0.1, 0.15) is 5.75 Å². The Morgan fingerprint density at radius 2 is 1.37 bits per heavy atom. The van der Waals surface area contributed by atoms with Crippen molar-refractivity contribution in [3.63, 3.8) is 0 Å². The summed E-state index contributed by atoms with van der Waals surface area (Å²) >= 11 is 0. The number of anilines is 5. The lowest BCUT2D eigenvalue weighted by Gasteiger charge is -2.38. The lowest BCUT2D eigenvalue weighted by atomic mass is 10.0. The van der Waals surface area contributed by atoms with E-state index < -0.39 is 5.91 Å². The average molecular weight is 648 g/mol. The van der Waals surface area contributed by atoms with Crippen LogP contribution < -0.4 is 42.5 Å². The summed E-state index contributed by atoms with van der Waals surface area (Å²) in [5, 5.41) is 25.2. The molecular formula is C32H42ClN11O2. The molecule has 2 saturated heterocycles. The first-order chi connectivity index (χ1) is 21.8. The zero-order chi connectivity index (χ0) is 31.5. The van der Waals surface area contributed by atoms with Gasteiger partial charge in [0.25, 0.3) is 5.91 Å². The lowest BCUT2D eigenvalue weighted by Crippen LogP contribution is -2.55. The van der Waals surface area contributed by atoms with Crippen LogP contribution in [0.3, 0.4) is 0 Å². The highest BCUT2D eigenvalue weighted by molar-refractivity contribution is 6.09. The van der Waals surface area contributed by atoms with Crippen LogP contribution >= 0.6 is 12.4 Å². The summed E-state index contributed by atoms with van der Waals surface area (Å²) in [7, 11) is 3.94. The Balaban J connectivity index is 0.00000417. The number of fused-ring (bicyclic) bond motifs is 1. The van der Waals surface area contributed by atoms with Crippen molar-refractivity contribution in [2.24, 2.45) is 11.5 Å². The number of carbonyl (C=O) groups excluding carboxylic acids is 1. The number of phenols is 1. The van der Waals surface area contributed by atoms with Crippen LogP contribution in [0.25, 0.3) is 10.8 Å². The highest BCUT2D eigenvalue weighted by atomic mass is 35.5. The van der Waals surface area contributed by atoms with Gasteiger partial charge in [-0.15, -0.1) is 12.4 Å². The van der Waals surface area contributed by atoms with E-state index in [-0.39, 0.29) is 47.9 Å². The Morgan fingerprint density at radius 1 is 0.783 bits per heavy atom. The number of nitrogens with zero attached hydrogens (tertiary/aromatic N) is 5. The molecule has 1 amide bonds. The number of phenolic OH excluding ortho intramolecular Hbond substituents is 1. The van der Waals surface area contributed by atoms with Crippen molar-refractivity contribution in [1.82, 2.24) is 25.6 Å². The summed E-state index contributed by atoms with van der Waals surface area (Å²) in [6.07, 6.45) is 1.76. The average Bonchev–Trinajstić information content (AvgIpc) is 3.05. The summed E-state index contributed by atoms with van der Waals surface area (Å²) in [6, 6.07) is 18.5. The van der Waals surface area contributed by atoms with E-state index in [1.54, 1.807) is 24.3 Å². The Morgan fingerprint density at radius 3 is 2.00 bits per heavy atom. The number of benzene rings is 3. The zero-order valence-corrected chi connectivity index (χ0v) is 26.8. The number of carbonyl (C=O) groups is 1. The molecule has 0 spiro atoms. The van der Waals surface area contributed by atoms with Gasteiger partial charge in [-0.2, -0.15) is 15.0 Å². The molecule has 6 rings (SSSR count). The molecule has 2 aliphatic rings. The van der Waals surface area contributed by atoms with Crippen molar-refractivity contribution in [3.8, 4) is 5.75 Å². The van der Waals surface area contributed by atoms with Gasteiger partial charge in [0.15, 0.2) is 0 Å². The molecule has 13 nitrogen and oxygen atoms in total. The van der Waals surface area contributed by atoms with Gasteiger partial charge in [0.05, 0.1) is 5.56 Å². The second-order valence-corrected chi connectivity index (χ2v) is 11.9. The van der Waals surface area contributed by atoms with Crippen molar-refractivity contribution in [3.05, 3.63) is 66.2 Å². The molecule has 14 heteroatoms. The second-order valence-electron chi connectivity index (χ2n) is 11.9. The highest BCUT2D eigenvalue weighted by Crippen LogP contribution is 2.30. The third kappa shape index (κ3) is 7.40. The smallest absolute Gasteiger partial charge is 0.259 e. The maximum Gasteiger partial charge on any atom is 0.259 e. The minimum Gasteiger partial charge on any atom is -0.506 e. The van der Waals surface area contributed by atoms with Gasteiger partial charge in [0.2, 0.25) is 17.8 Å².